The number of carboxylic acids is 1. The van der Waals surface area contributed by atoms with Gasteiger partial charge in [0, 0.05) is 6.54 Å². The normalized spacial score (nSPS) is 11.4. The Morgan fingerprint density at radius 1 is 1.48 bits per heavy atom. The lowest BCUT2D eigenvalue weighted by Crippen LogP contribution is -2.28. The third-order valence-electron chi connectivity index (χ3n) is 2.71. The van der Waals surface area contributed by atoms with Gasteiger partial charge in [-0.25, -0.2) is 13.1 Å². The van der Waals surface area contributed by atoms with Gasteiger partial charge in [0.25, 0.3) is 0 Å². The minimum atomic E-state index is -4.17. The van der Waals surface area contributed by atoms with Gasteiger partial charge in [-0.3, -0.25) is 14.9 Å². The molecule has 1 aromatic rings. The van der Waals surface area contributed by atoms with E-state index < -0.39 is 43.7 Å². The van der Waals surface area contributed by atoms with Crippen molar-refractivity contribution in [1.82, 2.24) is 4.72 Å². The second-order valence-corrected chi connectivity index (χ2v) is 5.98. The van der Waals surface area contributed by atoms with Crippen molar-refractivity contribution in [2.24, 2.45) is 0 Å². The van der Waals surface area contributed by atoms with E-state index >= 15 is 0 Å². The molecule has 2 N–H and O–H groups in total. The molecule has 1 aromatic carbocycles. The molecule has 0 aliphatic rings. The average molecular weight is 320 g/mol. The fraction of sp³-hybridized carbons (Fsp3) is 0.364. The van der Waals surface area contributed by atoms with Gasteiger partial charge in [0.1, 0.15) is 0 Å². The molecule has 0 aromatic heterocycles. The van der Waals surface area contributed by atoms with Gasteiger partial charge >= 0.3 is 11.7 Å². The van der Waals surface area contributed by atoms with Crippen molar-refractivity contribution in [3.63, 3.8) is 0 Å². The maximum atomic E-state index is 13.6. The molecule has 8 nitrogen and oxygen atoms in total. The molecule has 116 valence electrons. The van der Waals surface area contributed by atoms with Crippen molar-refractivity contribution in [2.45, 2.75) is 25.2 Å². The van der Waals surface area contributed by atoms with E-state index in [1.54, 1.807) is 0 Å². The first kappa shape index (κ1) is 17.0. The third kappa shape index (κ3) is 3.73. The van der Waals surface area contributed by atoms with E-state index in [-0.39, 0.29) is 17.7 Å². The van der Waals surface area contributed by atoms with Gasteiger partial charge in [-0.15, -0.1) is 0 Å². The molecule has 0 heterocycles. The molecule has 0 aliphatic heterocycles. The summed E-state index contributed by atoms with van der Waals surface area (Å²) in [4.78, 5) is 19.8. The van der Waals surface area contributed by atoms with E-state index in [1.807, 2.05) is 4.72 Å². The fourth-order valence-electron chi connectivity index (χ4n) is 1.91. The minimum absolute atomic E-state index is 0.00146. The van der Waals surface area contributed by atoms with Gasteiger partial charge in [-0.1, -0.05) is 0 Å². The van der Waals surface area contributed by atoms with Gasteiger partial charge in [0.2, 0.25) is 15.8 Å². The Morgan fingerprint density at radius 3 is 2.52 bits per heavy atom. The minimum Gasteiger partial charge on any atom is -0.481 e. The van der Waals surface area contributed by atoms with Crippen molar-refractivity contribution < 1.29 is 27.6 Å². The Hall–Kier alpha value is -2.07. The summed E-state index contributed by atoms with van der Waals surface area (Å²) in [7, 11) is -4.17. The quantitative estimate of drug-likeness (QED) is 0.597. The van der Waals surface area contributed by atoms with Crippen LogP contribution in [0.2, 0.25) is 0 Å². The molecule has 0 amide bonds. The second kappa shape index (κ2) is 6.14. The van der Waals surface area contributed by atoms with E-state index in [4.69, 9.17) is 5.11 Å². The van der Waals surface area contributed by atoms with E-state index in [0.29, 0.717) is 0 Å². The molecule has 0 atom stereocenters. The predicted molar refractivity (Wildman–Crippen MR) is 70.0 cm³/mol. The van der Waals surface area contributed by atoms with E-state index in [1.165, 1.54) is 6.92 Å². The average Bonchev–Trinajstić information content (AvgIpc) is 2.25. The van der Waals surface area contributed by atoms with Crippen LogP contribution in [0.15, 0.2) is 11.0 Å². The Kier molecular flexibility index (Phi) is 4.97. The highest BCUT2D eigenvalue weighted by molar-refractivity contribution is 7.89. The summed E-state index contributed by atoms with van der Waals surface area (Å²) in [6.45, 7) is 2.05. The van der Waals surface area contributed by atoms with Crippen LogP contribution in [0, 0.1) is 29.8 Å². The van der Waals surface area contributed by atoms with Crippen molar-refractivity contribution >= 4 is 21.7 Å². The zero-order valence-electron chi connectivity index (χ0n) is 11.2. The summed E-state index contributed by atoms with van der Waals surface area (Å²) in [5.74, 6) is -2.32. The van der Waals surface area contributed by atoms with Crippen molar-refractivity contribution in [3.8, 4) is 0 Å². The van der Waals surface area contributed by atoms with Crippen LogP contribution in [0.5, 0.6) is 0 Å². The number of sulfonamides is 1. The third-order valence-corrected chi connectivity index (χ3v) is 4.46. The number of rotatable bonds is 6. The maximum Gasteiger partial charge on any atom is 0.309 e. The molecule has 0 spiro atoms. The number of hydrogen-bond acceptors (Lipinski definition) is 5. The Morgan fingerprint density at radius 2 is 2.05 bits per heavy atom. The first-order valence-corrected chi connectivity index (χ1v) is 7.21. The van der Waals surface area contributed by atoms with E-state index in [0.717, 1.165) is 13.0 Å². The summed E-state index contributed by atoms with van der Waals surface area (Å²) in [5, 5.41) is 19.3. The molecule has 1 rings (SSSR count). The molecular formula is C11H13FN2O6S. The highest BCUT2D eigenvalue weighted by atomic mass is 32.2. The van der Waals surface area contributed by atoms with Crippen LogP contribution in [-0.2, 0) is 14.8 Å². The molecule has 0 unspecified atom stereocenters. The first-order valence-electron chi connectivity index (χ1n) is 5.73. The van der Waals surface area contributed by atoms with Gasteiger partial charge in [-0.05, 0) is 25.5 Å². The predicted octanol–water partition coefficient (Wildman–Crippen LogP) is 1.10. The zero-order valence-corrected chi connectivity index (χ0v) is 12.0. The number of nitrogens with one attached hydrogen (secondary N) is 1. The van der Waals surface area contributed by atoms with Crippen molar-refractivity contribution in [3.05, 3.63) is 33.1 Å². The number of nitrogens with zero attached hydrogens (tertiary/aromatic N) is 1. The standard InChI is InChI=1S/C11H13FN2O6S/c1-6-5-8(12)10(14(17)18)7(2)11(6)21(19,20)13-4-3-9(15)16/h5,13H,3-4H2,1-2H3,(H,15,16). The number of carboxylic acid groups (broad SMARTS) is 1. The first-order chi connectivity index (χ1) is 9.58. The molecule has 0 fully saturated rings. The lowest BCUT2D eigenvalue weighted by Gasteiger charge is -2.12. The fourth-order valence-corrected chi connectivity index (χ4v) is 3.41. The Bertz CT molecular complexity index is 701. The van der Waals surface area contributed by atoms with Crippen LogP contribution in [0.4, 0.5) is 10.1 Å². The van der Waals surface area contributed by atoms with Crippen LogP contribution in [0.1, 0.15) is 17.5 Å². The SMILES string of the molecule is Cc1cc(F)c([N+](=O)[O-])c(C)c1S(=O)(=O)NCCC(=O)O. The summed E-state index contributed by atoms with van der Waals surface area (Å²) in [6.07, 6.45) is -0.444. The zero-order chi connectivity index (χ0) is 16.4. The number of nitro benzene ring substituents is 1. The summed E-state index contributed by atoms with van der Waals surface area (Å²) >= 11 is 0. The number of hydrogen-bond donors (Lipinski definition) is 2. The molecule has 0 aliphatic carbocycles. The van der Waals surface area contributed by atoms with Crippen molar-refractivity contribution in [2.75, 3.05) is 6.54 Å². The smallest absolute Gasteiger partial charge is 0.309 e. The number of aryl methyl sites for hydroxylation is 1. The monoisotopic (exact) mass is 320 g/mol. The van der Waals surface area contributed by atoms with Crippen LogP contribution < -0.4 is 4.72 Å². The van der Waals surface area contributed by atoms with E-state index in [2.05, 4.69) is 0 Å². The van der Waals surface area contributed by atoms with Gasteiger partial charge in [0.15, 0.2) is 0 Å². The van der Waals surface area contributed by atoms with E-state index in [9.17, 15) is 27.7 Å². The molecule has 0 saturated carbocycles. The number of benzene rings is 1. The molecule has 10 heteroatoms. The molecule has 21 heavy (non-hydrogen) atoms. The number of halogens is 1. The molecule has 0 bridgehead atoms. The van der Waals surface area contributed by atoms with Crippen molar-refractivity contribution in [1.29, 1.82) is 0 Å². The summed E-state index contributed by atoms with van der Waals surface area (Å²) in [6, 6.07) is 0.761. The number of aliphatic carboxylic acids is 1. The second-order valence-electron chi connectivity index (χ2n) is 4.28. The molecule has 0 saturated heterocycles. The van der Waals surface area contributed by atoms with Gasteiger partial charge in [-0.2, -0.15) is 4.39 Å². The van der Waals surface area contributed by atoms with Crippen LogP contribution >= 0.6 is 0 Å². The van der Waals surface area contributed by atoms with Crippen LogP contribution in [-0.4, -0.2) is 31.0 Å². The molecular weight excluding hydrogens is 307 g/mol. The van der Waals surface area contributed by atoms with Crippen LogP contribution in [0.3, 0.4) is 0 Å². The largest absolute Gasteiger partial charge is 0.481 e. The lowest BCUT2D eigenvalue weighted by atomic mass is 10.1. The molecule has 0 radical (unpaired) electrons. The number of nitro groups is 1. The summed E-state index contributed by atoms with van der Waals surface area (Å²) < 4.78 is 39.8. The van der Waals surface area contributed by atoms with Gasteiger partial charge in [0.05, 0.1) is 21.8 Å². The Labute approximate surface area is 119 Å². The number of carbonyl (C=O) groups is 1. The highest BCUT2D eigenvalue weighted by Crippen LogP contribution is 2.30. The lowest BCUT2D eigenvalue weighted by molar-refractivity contribution is -0.388. The summed E-state index contributed by atoms with van der Waals surface area (Å²) in [5.41, 5.74) is -1.25. The van der Waals surface area contributed by atoms with Gasteiger partial charge < -0.3 is 5.11 Å². The maximum absolute atomic E-state index is 13.6. The topological polar surface area (TPSA) is 127 Å². The Balaban J connectivity index is 3.32. The van der Waals surface area contributed by atoms with Crippen LogP contribution in [0.25, 0.3) is 0 Å². The highest BCUT2D eigenvalue weighted by Gasteiger charge is 2.29.